The molecule has 0 spiro atoms. The number of aromatic nitrogens is 2. The van der Waals surface area contributed by atoms with Gasteiger partial charge in [-0.1, -0.05) is 36.4 Å². The number of halogens is 1. The summed E-state index contributed by atoms with van der Waals surface area (Å²) in [5.41, 5.74) is 2.08. The summed E-state index contributed by atoms with van der Waals surface area (Å²) < 4.78 is 15.6. The first-order valence-corrected chi connectivity index (χ1v) is 8.37. The van der Waals surface area contributed by atoms with Crippen LogP contribution in [0.15, 0.2) is 53.3 Å². The van der Waals surface area contributed by atoms with Crippen LogP contribution in [0.3, 0.4) is 0 Å². The molecule has 0 radical (unpaired) electrons. The van der Waals surface area contributed by atoms with E-state index in [-0.39, 0.29) is 17.5 Å². The highest BCUT2D eigenvalue weighted by Gasteiger charge is 2.24. The van der Waals surface area contributed by atoms with Gasteiger partial charge in [-0.15, -0.1) is 0 Å². The van der Waals surface area contributed by atoms with Gasteiger partial charge in [0.15, 0.2) is 0 Å². The predicted octanol–water partition coefficient (Wildman–Crippen LogP) is 3.31. The lowest BCUT2D eigenvalue weighted by atomic mass is 10.0. The number of fused-ring (bicyclic) bond motifs is 1. The van der Waals surface area contributed by atoms with Crippen LogP contribution in [0.25, 0.3) is 11.0 Å². The minimum atomic E-state index is -0.370. The van der Waals surface area contributed by atoms with Crippen molar-refractivity contribution in [3.63, 3.8) is 0 Å². The van der Waals surface area contributed by atoms with Gasteiger partial charge < -0.3 is 4.98 Å². The molecule has 5 heteroatoms. The molecule has 4 nitrogen and oxygen atoms in total. The van der Waals surface area contributed by atoms with E-state index in [1.165, 1.54) is 11.6 Å². The molecule has 1 saturated heterocycles. The van der Waals surface area contributed by atoms with E-state index in [9.17, 15) is 9.18 Å². The summed E-state index contributed by atoms with van der Waals surface area (Å²) in [6.07, 6.45) is 1.80. The summed E-state index contributed by atoms with van der Waals surface area (Å²) in [7, 11) is 0. The van der Waals surface area contributed by atoms with Crippen LogP contribution in [0.4, 0.5) is 4.39 Å². The molecule has 1 N–H and O–H groups in total. The molecule has 1 aliphatic heterocycles. The minimum absolute atomic E-state index is 0.125. The van der Waals surface area contributed by atoms with Gasteiger partial charge in [-0.05, 0) is 30.5 Å². The highest BCUT2D eigenvalue weighted by Crippen LogP contribution is 2.26. The highest BCUT2D eigenvalue weighted by atomic mass is 19.1. The number of benzene rings is 2. The molecule has 24 heavy (non-hydrogen) atoms. The fourth-order valence-electron chi connectivity index (χ4n) is 3.65. The molecular formula is C19H20FN3O. The maximum absolute atomic E-state index is 13.9. The van der Waals surface area contributed by atoms with Crippen molar-refractivity contribution >= 4 is 11.0 Å². The normalized spacial score (nSPS) is 16.7. The third-order valence-electron chi connectivity index (χ3n) is 4.87. The van der Waals surface area contributed by atoms with E-state index in [2.05, 4.69) is 34.1 Å². The first-order valence-electron chi connectivity index (χ1n) is 8.37. The second kappa shape index (κ2) is 6.24. The van der Waals surface area contributed by atoms with E-state index in [1.807, 2.05) is 12.1 Å². The Labute approximate surface area is 139 Å². The molecular weight excluding hydrogens is 305 g/mol. The molecule has 0 saturated carbocycles. The zero-order chi connectivity index (χ0) is 16.5. The Morgan fingerprint density at radius 1 is 1.04 bits per heavy atom. The second-order valence-corrected chi connectivity index (χ2v) is 6.43. The lowest BCUT2D eigenvalue weighted by Gasteiger charge is -2.32. The molecule has 0 amide bonds. The number of nitrogens with zero attached hydrogens (tertiary/aromatic N) is 2. The van der Waals surface area contributed by atoms with E-state index in [4.69, 9.17) is 0 Å². The largest absolute Gasteiger partial charge is 0.326 e. The van der Waals surface area contributed by atoms with Gasteiger partial charge in [0, 0.05) is 25.7 Å². The molecule has 0 atom stereocenters. The Morgan fingerprint density at radius 3 is 2.54 bits per heavy atom. The van der Waals surface area contributed by atoms with E-state index in [0.29, 0.717) is 11.0 Å². The number of likely N-dealkylation sites (tertiary alicyclic amines) is 1. The van der Waals surface area contributed by atoms with Crippen molar-refractivity contribution in [3.05, 3.63) is 70.4 Å². The van der Waals surface area contributed by atoms with Crippen LogP contribution >= 0.6 is 0 Å². The number of piperidine rings is 1. The van der Waals surface area contributed by atoms with Crippen molar-refractivity contribution in [2.45, 2.75) is 25.4 Å². The van der Waals surface area contributed by atoms with Crippen molar-refractivity contribution in [3.8, 4) is 0 Å². The predicted molar refractivity (Wildman–Crippen MR) is 92.5 cm³/mol. The molecule has 0 bridgehead atoms. The third-order valence-corrected chi connectivity index (χ3v) is 4.87. The van der Waals surface area contributed by atoms with Gasteiger partial charge in [0.1, 0.15) is 11.3 Å². The molecule has 2 aromatic carbocycles. The molecule has 0 unspecified atom stereocenters. The number of hydrogen-bond donors (Lipinski definition) is 1. The van der Waals surface area contributed by atoms with Crippen LogP contribution in [-0.4, -0.2) is 27.5 Å². The average Bonchev–Trinajstić information content (AvgIpc) is 2.94. The quantitative estimate of drug-likeness (QED) is 0.803. The Kier molecular flexibility index (Phi) is 3.94. The molecule has 2 heterocycles. The first kappa shape index (κ1) is 15.1. The van der Waals surface area contributed by atoms with Gasteiger partial charge in [-0.2, -0.15) is 0 Å². The summed E-state index contributed by atoms with van der Waals surface area (Å²) in [5, 5.41) is 0. The molecule has 4 rings (SSSR count). The van der Waals surface area contributed by atoms with Crippen LogP contribution in [0.2, 0.25) is 0 Å². The lowest BCUT2D eigenvalue weighted by Crippen LogP contribution is -2.36. The van der Waals surface area contributed by atoms with E-state index < -0.39 is 0 Å². The summed E-state index contributed by atoms with van der Waals surface area (Å²) in [6.45, 7) is 2.81. The van der Waals surface area contributed by atoms with Gasteiger partial charge in [0.05, 0.1) is 5.52 Å². The monoisotopic (exact) mass is 325 g/mol. The van der Waals surface area contributed by atoms with Gasteiger partial charge in [-0.25, -0.2) is 9.18 Å². The lowest BCUT2D eigenvalue weighted by molar-refractivity contribution is 0.180. The van der Waals surface area contributed by atoms with Crippen LogP contribution in [-0.2, 0) is 6.54 Å². The maximum Gasteiger partial charge on any atom is 0.326 e. The smallest absolute Gasteiger partial charge is 0.303 e. The first-order chi connectivity index (χ1) is 11.7. The molecule has 1 aliphatic rings. The molecule has 3 aromatic rings. The number of aromatic amines is 1. The van der Waals surface area contributed by atoms with E-state index >= 15 is 0 Å². The fourth-order valence-corrected chi connectivity index (χ4v) is 3.65. The SMILES string of the molecule is O=c1[nH]c2c(F)cccc2n1C1CCN(Cc2ccccc2)CC1. The summed E-state index contributed by atoms with van der Waals surface area (Å²) in [6, 6.07) is 15.4. The number of hydrogen-bond acceptors (Lipinski definition) is 2. The maximum atomic E-state index is 13.9. The number of nitrogens with one attached hydrogen (secondary N) is 1. The van der Waals surface area contributed by atoms with Gasteiger partial charge in [0.2, 0.25) is 0 Å². The van der Waals surface area contributed by atoms with Crippen LogP contribution < -0.4 is 5.69 Å². The molecule has 124 valence electrons. The minimum Gasteiger partial charge on any atom is -0.303 e. The number of imidazole rings is 1. The van der Waals surface area contributed by atoms with Crippen LogP contribution in [0.5, 0.6) is 0 Å². The standard InChI is InChI=1S/C19H20FN3O/c20-16-7-4-8-17-18(16)21-19(24)23(17)15-9-11-22(12-10-15)13-14-5-2-1-3-6-14/h1-8,15H,9-13H2,(H,21,24). The average molecular weight is 325 g/mol. The molecule has 0 aliphatic carbocycles. The summed E-state index contributed by atoms with van der Waals surface area (Å²) in [5.74, 6) is -0.370. The van der Waals surface area contributed by atoms with E-state index in [1.54, 1.807) is 10.6 Å². The number of H-pyrrole nitrogens is 1. The number of rotatable bonds is 3. The van der Waals surface area contributed by atoms with Crippen LogP contribution in [0, 0.1) is 5.82 Å². The summed E-state index contributed by atoms with van der Waals surface area (Å²) >= 11 is 0. The second-order valence-electron chi connectivity index (χ2n) is 6.43. The van der Waals surface area contributed by atoms with Crippen molar-refractivity contribution in [1.29, 1.82) is 0 Å². The van der Waals surface area contributed by atoms with E-state index in [0.717, 1.165) is 32.5 Å². The topological polar surface area (TPSA) is 41.0 Å². The number of para-hydroxylation sites is 1. The van der Waals surface area contributed by atoms with Crippen LogP contribution in [0.1, 0.15) is 24.4 Å². The van der Waals surface area contributed by atoms with Crippen molar-refractivity contribution in [1.82, 2.24) is 14.5 Å². The Bertz CT molecular complexity index is 892. The molecule has 1 aromatic heterocycles. The van der Waals surface area contributed by atoms with Crippen molar-refractivity contribution < 1.29 is 4.39 Å². The zero-order valence-corrected chi connectivity index (χ0v) is 13.4. The Balaban J connectivity index is 1.51. The van der Waals surface area contributed by atoms with Gasteiger partial charge >= 0.3 is 5.69 Å². The van der Waals surface area contributed by atoms with Crippen molar-refractivity contribution in [2.24, 2.45) is 0 Å². The fraction of sp³-hybridized carbons (Fsp3) is 0.316. The van der Waals surface area contributed by atoms with Gasteiger partial charge in [-0.3, -0.25) is 9.47 Å². The summed E-state index contributed by atoms with van der Waals surface area (Å²) in [4.78, 5) is 17.4. The highest BCUT2D eigenvalue weighted by molar-refractivity contribution is 5.75. The zero-order valence-electron chi connectivity index (χ0n) is 13.4. The Hall–Kier alpha value is -2.40. The van der Waals surface area contributed by atoms with Crippen molar-refractivity contribution in [2.75, 3.05) is 13.1 Å². The Morgan fingerprint density at radius 2 is 1.79 bits per heavy atom. The molecule has 1 fully saturated rings. The van der Waals surface area contributed by atoms with Gasteiger partial charge in [0.25, 0.3) is 0 Å². The third kappa shape index (κ3) is 2.76.